The van der Waals surface area contributed by atoms with Crippen LogP contribution in [0.15, 0.2) is 65.6 Å². The van der Waals surface area contributed by atoms with Crippen molar-refractivity contribution in [3.63, 3.8) is 0 Å². The van der Waals surface area contributed by atoms with Crippen molar-refractivity contribution < 1.29 is 18.3 Å². The molecule has 4 rings (SSSR count). The zero-order valence-electron chi connectivity index (χ0n) is 19.5. The predicted octanol–water partition coefficient (Wildman–Crippen LogP) is 4.36. The SMILES string of the molecule is Cc1cccc(S(=O)(=O)N(C)Cc2cc(C(CC(=O)O)c3ccc4c(c3)nnn4C)ccc2Cl)c1. The molecule has 1 unspecified atom stereocenters. The van der Waals surface area contributed by atoms with Crippen molar-refractivity contribution in [2.75, 3.05) is 7.05 Å². The van der Waals surface area contributed by atoms with Gasteiger partial charge in [-0.1, -0.05) is 47.1 Å². The van der Waals surface area contributed by atoms with Gasteiger partial charge in [-0.2, -0.15) is 4.31 Å². The van der Waals surface area contributed by atoms with Gasteiger partial charge in [-0.05, 0) is 59.5 Å². The van der Waals surface area contributed by atoms with Crippen LogP contribution >= 0.6 is 11.6 Å². The summed E-state index contributed by atoms with van der Waals surface area (Å²) in [6, 6.07) is 17.5. The molecule has 0 saturated heterocycles. The fraction of sp³-hybridized carbons (Fsp3) is 0.240. The number of carboxylic acids is 1. The third kappa shape index (κ3) is 5.22. The Morgan fingerprint density at radius 2 is 1.83 bits per heavy atom. The van der Waals surface area contributed by atoms with Crippen LogP contribution in [0.4, 0.5) is 0 Å². The summed E-state index contributed by atoms with van der Waals surface area (Å²) >= 11 is 6.44. The summed E-state index contributed by atoms with van der Waals surface area (Å²) in [5.41, 5.74) is 4.42. The van der Waals surface area contributed by atoms with Crippen LogP contribution in [0, 0.1) is 6.92 Å². The number of rotatable bonds is 8. The number of aliphatic carboxylic acids is 1. The van der Waals surface area contributed by atoms with E-state index < -0.39 is 21.9 Å². The minimum atomic E-state index is -3.74. The molecule has 10 heteroatoms. The number of aromatic nitrogens is 3. The molecule has 0 bridgehead atoms. The second kappa shape index (κ2) is 9.77. The van der Waals surface area contributed by atoms with Crippen molar-refractivity contribution in [3.8, 4) is 0 Å². The Balaban J connectivity index is 1.69. The summed E-state index contributed by atoms with van der Waals surface area (Å²) in [6.45, 7) is 1.87. The number of sulfonamides is 1. The number of halogens is 1. The van der Waals surface area contributed by atoms with Crippen LogP contribution < -0.4 is 0 Å². The van der Waals surface area contributed by atoms with Gasteiger partial charge in [0.15, 0.2) is 0 Å². The van der Waals surface area contributed by atoms with Gasteiger partial charge < -0.3 is 5.11 Å². The fourth-order valence-electron chi connectivity index (χ4n) is 4.09. The third-order valence-electron chi connectivity index (χ3n) is 5.98. The summed E-state index contributed by atoms with van der Waals surface area (Å²) in [7, 11) is -0.454. The molecule has 0 fully saturated rings. The average molecular weight is 513 g/mol. The van der Waals surface area contributed by atoms with E-state index in [0.29, 0.717) is 16.1 Å². The molecule has 1 aromatic heterocycles. The molecular weight excluding hydrogens is 488 g/mol. The minimum absolute atomic E-state index is 0.0337. The van der Waals surface area contributed by atoms with E-state index in [4.69, 9.17) is 11.6 Å². The topological polar surface area (TPSA) is 105 Å². The van der Waals surface area contributed by atoms with E-state index in [1.807, 2.05) is 31.2 Å². The summed E-state index contributed by atoms with van der Waals surface area (Å²) in [5.74, 6) is -1.43. The van der Waals surface area contributed by atoms with E-state index >= 15 is 0 Å². The molecule has 1 heterocycles. The van der Waals surface area contributed by atoms with Gasteiger partial charge in [-0.3, -0.25) is 4.79 Å². The number of fused-ring (bicyclic) bond motifs is 1. The summed E-state index contributed by atoms with van der Waals surface area (Å²) in [6.07, 6.45) is -0.149. The maximum absolute atomic E-state index is 13.1. The van der Waals surface area contributed by atoms with E-state index in [1.54, 1.807) is 48.1 Å². The molecule has 0 spiro atoms. The molecule has 1 N–H and O–H groups in total. The first-order valence-electron chi connectivity index (χ1n) is 10.9. The first-order chi connectivity index (χ1) is 16.6. The second-order valence-corrected chi connectivity index (χ2v) is 11.0. The van der Waals surface area contributed by atoms with E-state index in [-0.39, 0.29) is 17.9 Å². The van der Waals surface area contributed by atoms with Crippen LogP contribution in [-0.2, 0) is 28.4 Å². The minimum Gasteiger partial charge on any atom is -0.481 e. The molecule has 0 amide bonds. The number of carbonyl (C=O) groups is 1. The fourth-order valence-corrected chi connectivity index (χ4v) is 5.52. The summed E-state index contributed by atoms with van der Waals surface area (Å²) in [5, 5.41) is 18.2. The molecule has 0 saturated carbocycles. The number of hydrogen-bond acceptors (Lipinski definition) is 5. The first-order valence-corrected chi connectivity index (χ1v) is 12.7. The van der Waals surface area contributed by atoms with Crippen LogP contribution in [0.2, 0.25) is 5.02 Å². The third-order valence-corrected chi connectivity index (χ3v) is 8.15. The summed E-state index contributed by atoms with van der Waals surface area (Å²) in [4.78, 5) is 11.9. The number of hydrogen-bond donors (Lipinski definition) is 1. The van der Waals surface area contributed by atoms with E-state index in [0.717, 1.165) is 22.2 Å². The Kier molecular flexibility index (Phi) is 6.93. The van der Waals surface area contributed by atoms with Gasteiger partial charge in [0.2, 0.25) is 10.0 Å². The van der Waals surface area contributed by atoms with Crippen molar-refractivity contribution >= 4 is 38.6 Å². The van der Waals surface area contributed by atoms with Gasteiger partial charge >= 0.3 is 5.97 Å². The molecule has 182 valence electrons. The molecule has 0 aliphatic heterocycles. The highest BCUT2D eigenvalue weighted by Gasteiger charge is 2.24. The molecule has 35 heavy (non-hydrogen) atoms. The van der Waals surface area contributed by atoms with Crippen LogP contribution in [-0.4, -0.2) is 45.8 Å². The lowest BCUT2D eigenvalue weighted by Gasteiger charge is -2.21. The zero-order valence-corrected chi connectivity index (χ0v) is 21.1. The molecule has 4 aromatic rings. The number of benzene rings is 3. The second-order valence-electron chi connectivity index (χ2n) is 8.54. The molecule has 0 aliphatic carbocycles. The number of carboxylic acid groups (broad SMARTS) is 1. The highest BCUT2D eigenvalue weighted by Crippen LogP contribution is 2.33. The lowest BCUT2D eigenvalue weighted by atomic mass is 9.87. The molecule has 1 atom stereocenters. The van der Waals surface area contributed by atoms with Crippen molar-refractivity contribution in [3.05, 3.63) is 87.9 Å². The Hall–Kier alpha value is -3.27. The van der Waals surface area contributed by atoms with Gasteiger partial charge in [-0.25, -0.2) is 13.1 Å². The first kappa shape index (κ1) is 24.8. The van der Waals surface area contributed by atoms with E-state index in [1.165, 1.54) is 11.4 Å². The van der Waals surface area contributed by atoms with Crippen molar-refractivity contribution in [2.45, 2.75) is 30.7 Å². The normalized spacial score (nSPS) is 12.8. The van der Waals surface area contributed by atoms with Crippen molar-refractivity contribution in [2.24, 2.45) is 7.05 Å². The molecule has 0 aliphatic rings. The monoisotopic (exact) mass is 512 g/mol. The molecular formula is C25H25ClN4O4S. The van der Waals surface area contributed by atoms with Gasteiger partial charge in [0, 0.05) is 31.6 Å². The highest BCUT2D eigenvalue weighted by atomic mass is 35.5. The Morgan fingerprint density at radius 1 is 1.11 bits per heavy atom. The highest BCUT2D eigenvalue weighted by molar-refractivity contribution is 7.89. The molecule has 8 nitrogen and oxygen atoms in total. The van der Waals surface area contributed by atoms with Crippen molar-refractivity contribution in [1.82, 2.24) is 19.3 Å². The molecule has 3 aromatic carbocycles. The van der Waals surface area contributed by atoms with Gasteiger partial charge in [0.1, 0.15) is 5.52 Å². The predicted molar refractivity (Wildman–Crippen MR) is 134 cm³/mol. The number of nitrogens with zero attached hydrogens (tertiary/aromatic N) is 4. The maximum Gasteiger partial charge on any atom is 0.304 e. The standard InChI is InChI=1S/C25H25ClN4O4S/c1-16-5-4-6-20(11-16)35(33,34)29(2)15-19-12-17(7-9-22(19)26)21(14-25(31)32)18-8-10-24-23(13-18)27-28-30(24)3/h4-13,21H,14-15H2,1-3H3,(H,31,32). The van der Waals surface area contributed by atoms with Crippen LogP contribution in [0.5, 0.6) is 0 Å². The largest absolute Gasteiger partial charge is 0.481 e. The van der Waals surface area contributed by atoms with Gasteiger partial charge in [-0.15, -0.1) is 5.10 Å². The number of aryl methyl sites for hydroxylation is 2. The lowest BCUT2D eigenvalue weighted by molar-refractivity contribution is -0.137. The smallest absolute Gasteiger partial charge is 0.304 e. The van der Waals surface area contributed by atoms with Crippen molar-refractivity contribution in [1.29, 1.82) is 0 Å². The van der Waals surface area contributed by atoms with Gasteiger partial charge in [0.25, 0.3) is 0 Å². The Bertz CT molecular complexity index is 1520. The molecule has 0 radical (unpaired) electrons. The average Bonchev–Trinajstić information content (AvgIpc) is 3.19. The van der Waals surface area contributed by atoms with E-state index in [9.17, 15) is 18.3 Å². The van der Waals surface area contributed by atoms with Crippen LogP contribution in [0.1, 0.15) is 34.6 Å². The Labute approximate surface area is 208 Å². The van der Waals surface area contributed by atoms with E-state index in [2.05, 4.69) is 10.3 Å². The lowest BCUT2D eigenvalue weighted by Crippen LogP contribution is -2.26. The maximum atomic E-state index is 13.1. The zero-order chi connectivity index (χ0) is 25.3. The van der Waals surface area contributed by atoms with Crippen LogP contribution in [0.3, 0.4) is 0 Å². The Morgan fingerprint density at radius 3 is 2.54 bits per heavy atom. The van der Waals surface area contributed by atoms with Crippen LogP contribution in [0.25, 0.3) is 11.0 Å². The quantitative estimate of drug-likeness (QED) is 0.376. The summed E-state index contributed by atoms with van der Waals surface area (Å²) < 4.78 is 29.1. The van der Waals surface area contributed by atoms with Gasteiger partial charge in [0.05, 0.1) is 16.8 Å².